The minimum Gasteiger partial charge on any atom is -0.337 e. The molecule has 8 heteroatoms. The quantitative estimate of drug-likeness (QED) is 0.739. The topological polar surface area (TPSA) is 40.6 Å². The molecule has 2 aromatic rings. The van der Waals surface area contributed by atoms with Gasteiger partial charge in [-0.2, -0.15) is 0 Å². The zero-order valence-electron chi connectivity index (χ0n) is 14.2. The maximum Gasteiger partial charge on any atom is 0.258 e. The first kappa shape index (κ1) is 19.6. The van der Waals surface area contributed by atoms with E-state index in [1.807, 2.05) is 0 Å². The van der Waals surface area contributed by atoms with Gasteiger partial charge in [0.1, 0.15) is 11.6 Å². The standard InChI is InChI=1S/C19H16Cl2F2N2O2/c20-12-4-1-6-14(22)16(12)18(26)24-8-3-9-25(11-10-24)19(27)17-13(21)5-2-7-15(17)23/h1-2,4-7H,3,8-11H2. The minimum absolute atomic E-state index is 0.0373. The molecule has 3 rings (SSSR count). The Labute approximate surface area is 165 Å². The summed E-state index contributed by atoms with van der Waals surface area (Å²) in [7, 11) is 0. The molecule has 1 heterocycles. The molecule has 2 amide bonds. The molecule has 0 radical (unpaired) electrons. The minimum atomic E-state index is -0.692. The van der Waals surface area contributed by atoms with Crippen LogP contribution in [0.25, 0.3) is 0 Å². The zero-order valence-corrected chi connectivity index (χ0v) is 15.7. The monoisotopic (exact) mass is 412 g/mol. The first-order valence-corrected chi connectivity index (χ1v) is 9.12. The lowest BCUT2D eigenvalue weighted by atomic mass is 10.1. The molecule has 0 N–H and O–H groups in total. The number of carbonyl (C=O) groups excluding carboxylic acids is 2. The van der Waals surface area contributed by atoms with E-state index in [9.17, 15) is 18.4 Å². The molecule has 1 aliphatic heterocycles. The van der Waals surface area contributed by atoms with Crippen LogP contribution in [0.4, 0.5) is 8.78 Å². The average molecular weight is 413 g/mol. The van der Waals surface area contributed by atoms with Crippen molar-refractivity contribution in [2.45, 2.75) is 6.42 Å². The third kappa shape index (κ3) is 4.06. The van der Waals surface area contributed by atoms with Gasteiger partial charge >= 0.3 is 0 Å². The lowest BCUT2D eigenvalue weighted by molar-refractivity contribution is 0.0714. The molecule has 1 aliphatic rings. The lowest BCUT2D eigenvalue weighted by Gasteiger charge is -2.23. The fourth-order valence-electron chi connectivity index (χ4n) is 3.04. The summed E-state index contributed by atoms with van der Waals surface area (Å²) in [5.74, 6) is -2.45. The molecule has 0 saturated carbocycles. The van der Waals surface area contributed by atoms with Crippen LogP contribution in [0.15, 0.2) is 36.4 Å². The van der Waals surface area contributed by atoms with E-state index in [0.29, 0.717) is 19.5 Å². The van der Waals surface area contributed by atoms with E-state index in [2.05, 4.69) is 0 Å². The van der Waals surface area contributed by atoms with Crippen LogP contribution < -0.4 is 0 Å². The predicted octanol–water partition coefficient (Wildman–Crippen LogP) is 4.26. The van der Waals surface area contributed by atoms with E-state index >= 15 is 0 Å². The number of hydrogen-bond donors (Lipinski definition) is 0. The third-order valence-electron chi connectivity index (χ3n) is 4.42. The van der Waals surface area contributed by atoms with Gasteiger partial charge in [0.25, 0.3) is 11.8 Å². The Hall–Kier alpha value is -2.18. The third-order valence-corrected chi connectivity index (χ3v) is 5.05. The van der Waals surface area contributed by atoms with Gasteiger partial charge in [0.15, 0.2) is 0 Å². The fourth-order valence-corrected chi connectivity index (χ4v) is 3.53. The van der Waals surface area contributed by atoms with E-state index in [1.54, 1.807) is 0 Å². The van der Waals surface area contributed by atoms with Crippen molar-refractivity contribution < 1.29 is 18.4 Å². The van der Waals surface area contributed by atoms with E-state index in [0.717, 1.165) is 0 Å². The molecule has 2 aromatic carbocycles. The molecule has 27 heavy (non-hydrogen) atoms. The van der Waals surface area contributed by atoms with Crippen LogP contribution in [0, 0.1) is 11.6 Å². The van der Waals surface area contributed by atoms with Crippen LogP contribution in [-0.2, 0) is 0 Å². The Morgan fingerprint density at radius 1 is 0.741 bits per heavy atom. The highest BCUT2D eigenvalue weighted by molar-refractivity contribution is 6.34. The van der Waals surface area contributed by atoms with Crippen LogP contribution in [0.5, 0.6) is 0 Å². The summed E-state index contributed by atoms with van der Waals surface area (Å²) in [6, 6.07) is 8.10. The van der Waals surface area contributed by atoms with Crippen molar-refractivity contribution in [3.63, 3.8) is 0 Å². The number of amides is 2. The van der Waals surface area contributed by atoms with Crippen molar-refractivity contribution >= 4 is 35.0 Å². The molecule has 0 unspecified atom stereocenters. The van der Waals surface area contributed by atoms with Gasteiger partial charge in [0.05, 0.1) is 21.2 Å². The second-order valence-electron chi connectivity index (χ2n) is 6.13. The molecule has 0 bridgehead atoms. The van der Waals surface area contributed by atoms with Crippen molar-refractivity contribution in [2.24, 2.45) is 0 Å². The van der Waals surface area contributed by atoms with E-state index in [4.69, 9.17) is 23.2 Å². The summed E-state index contributed by atoms with van der Waals surface area (Å²) >= 11 is 11.9. The summed E-state index contributed by atoms with van der Waals surface area (Å²) < 4.78 is 28.0. The summed E-state index contributed by atoms with van der Waals surface area (Å²) in [6.07, 6.45) is 0.468. The number of rotatable bonds is 2. The Balaban J connectivity index is 1.76. The molecule has 0 aromatic heterocycles. The second-order valence-corrected chi connectivity index (χ2v) is 6.95. The van der Waals surface area contributed by atoms with Gasteiger partial charge in [-0.05, 0) is 30.7 Å². The number of nitrogens with zero attached hydrogens (tertiary/aromatic N) is 2. The molecule has 1 fully saturated rings. The second kappa shape index (κ2) is 8.23. The van der Waals surface area contributed by atoms with Crippen LogP contribution in [0.2, 0.25) is 10.0 Å². The molecule has 1 saturated heterocycles. The summed E-state index contributed by atoms with van der Waals surface area (Å²) in [5, 5.41) is 0.0747. The maximum atomic E-state index is 14.0. The average Bonchev–Trinajstić information content (AvgIpc) is 2.87. The van der Waals surface area contributed by atoms with E-state index < -0.39 is 23.4 Å². The van der Waals surface area contributed by atoms with Crippen LogP contribution in [0.3, 0.4) is 0 Å². The highest BCUT2D eigenvalue weighted by atomic mass is 35.5. The number of carbonyl (C=O) groups is 2. The largest absolute Gasteiger partial charge is 0.337 e. The van der Waals surface area contributed by atoms with Crippen LogP contribution >= 0.6 is 23.2 Å². The van der Waals surface area contributed by atoms with Gasteiger partial charge < -0.3 is 9.80 Å². The summed E-state index contributed by atoms with van der Waals surface area (Å²) in [6.45, 7) is 1.03. The van der Waals surface area contributed by atoms with Gasteiger partial charge in [-0.1, -0.05) is 35.3 Å². The van der Waals surface area contributed by atoms with Crippen molar-refractivity contribution in [2.75, 3.05) is 26.2 Å². The Morgan fingerprint density at radius 2 is 1.15 bits per heavy atom. The smallest absolute Gasteiger partial charge is 0.258 e. The van der Waals surface area contributed by atoms with Gasteiger partial charge in [-0.25, -0.2) is 8.78 Å². The van der Waals surface area contributed by atoms with Crippen molar-refractivity contribution in [1.29, 1.82) is 0 Å². The highest BCUT2D eigenvalue weighted by Crippen LogP contribution is 2.23. The SMILES string of the molecule is O=C(c1c(F)cccc1Cl)N1CCCN(C(=O)c2c(F)cccc2Cl)CC1. The van der Waals surface area contributed by atoms with Crippen LogP contribution in [0.1, 0.15) is 27.1 Å². The van der Waals surface area contributed by atoms with Crippen molar-refractivity contribution in [3.05, 3.63) is 69.2 Å². The van der Waals surface area contributed by atoms with Crippen molar-refractivity contribution in [3.8, 4) is 0 Å². The van der Waals surface area contributed by atoms with E-state index in [-0.39, 0.29) is 34.3 Å². The number of benzene rings is 2. The molecule has 4 nitrogen and oxygen atoms in total. The molecule has 0 aliphatic carbocycles. The molecule has 0 spiro atoms. The number of halogens is 4. The fraction of sp³-hybridized carbons (Fsp3) is 0.263. The Kier molecular flexibility index (Phi) is 5.97. The molecule has 142 valence electrons. The predicted molar refractivity (Wildman–Crippen MR) is 99.2 cm³/mol. The molecular weight excluding hydrogens is 397 g/mol. The summed E-state index contributed by atoms with van der Waals surface area (Å²) in [5.41, 5.74) is -0.368. The first-order chi connectivity index (χ1) is 12.9. The zero-order chi connectivity index (χ0) is 19.6. The Morgan fingerprint density at radius 3 is 1.52 bits per heavy atom. The van der Waals surface area contributed by atoms with Crippen molar-refractivity contribution in [1.82, 2.24) is 9.80 Å². The van der Waals surface area contributed by atoms with Gasteiger partial charge in [-0.3, -0.25) is 9.59 Å². The van der Waals surface area contributed by atoms with Gasteiger partial charge in [0.2, 0.25) is 0 Å². The lowest BCUT2D eigenvalue weighted by Crippen LogP contribution is -2.38. The normalized spacial score (nSPS) is 14.8. The number of hydrogen-bond acceptors (Lipinski definition) is 2. The highest BCUT2D eigenvalue weighted by Gasteiger charge is 2.28. The van der Waals surface area contributed by atoms with E-state index in [1.165, 1.54) is 46.2 Å². The van der Waals surface area contributed by atoms with Gasteiger partial charge in [-0.15, -0.1) is 0 Å². The first-order valence-electron chi connectivity index (χ1n) is 8.36. The summed E-state index contributed by atoms with van der Waals surface area (Å²) in [4.78, 5) is 28.2. The molecular formula is C19H16Cl2F2N2O2. The molecule has 0 atom stereocenters. The maximum absolute atomic E-state index is 14.0. The Bertz CT molecular complexity index is 780. The van der Waals surface area contributed by atoms with Crippen LogP contribution in [-0.4, -0.2) is 47.8 Å². The van der Waals surface area contributed by atoms with Gasteiger partial charge in [0, 0.05) is 26.2 Å².